The number of H-pyrrole nitrogens is 1. The minimum absolute atomic E-state index is 0.0108. The van der Waals surface area contributed by atoms with Crippen LogP contribution in [-0.4, -0.2) is 27.8 Å². The lowest BCUT2D eigenvalue weighted by molar-refractivity contribution is -0.384. The number of aromatic nitrogens is 2. The standard InChI is InChI=1S/C13H10N4O3/c1-14-13(18)11-5-9-8-4-7(17(19)20)2-3-10(8)16-12(9)6-15-11/h2-6,16H,1H3,(H,14,18). The maximum atomic E-state index is 11.6. The van der Waals surface area contributed by atoms with E-state index < -0.39 is 4.92 Å². The molecule has 0 unspecified atom stereocenters. The Labute approximate surface area is 112 Å². The van der Waals surface area contributed by atoms with Crippen molar-refractivity contribution >= 4 is 33.4 Å². The molecule has 1 amide bonds. The Morgan fingerprint density at radius 2 is 2.05 bits per heavy atom. The molecule has 0 saturated carbocycles. The van der Waals surface area contributed by atoms with Crippen molar-refractivity contribution in [2.75, 3.05) is 7.05 Å². The molecule has 0 fully saturated rings. The fourth-order valence-corrected chi connectivity index (χ4v) is 2.15. The molecule has 20 heavy (non-hydrogen) atoms. The van der Waals surface area contributed by atoms with E-state index in [0.29, 0.717) is 5.39 Å². The summed E-state index contributed by atoms with van der Waals surface area (Å²) >= 11 is 0. The SMILES string of the molecule is CNC(=O)c1cc2c(cn1)[nH]c1ccc([N+](=O)[O-])cc12. The number of nitro benzene ring substituents is 1. The van der Waals surface area contributed by atoms with Crippen LogP contribution >= 0.6 is 0 Å². The van der Waals surface area contributed by atoms with Crippen molar-refractivity contribution in [3.63, 3.8) is 0 Å². The van der Waals surface area contributed by atoms with Crippen LogP contribution in [0.4, 0.5) is 5.69 Å². The number of non-ortho nitro benzene ring substituents is 1. The van der Waals surface area contributed by atoms with E-state index in [9.17, 15) is 14.9 Å². The van der Waals surface area contributed by atoms with Gasteiger partial charge in [0.05, 0.1) is 16.6 Å². The number of nitrogens with one attached hydrogen (secondary N) is 2. The monoisotopic (exact) mass is 270 g/mol. The highest BCUT2D eigenvalue weighted by Crippen LogP contribution is 2.28. The van der Waals surface area contributed by atoms with Gasteiger partial charge in [0.25, 0.3) is 11.6 Å². The first-order valence-electron chi connectivity index (χ1n) is 5.88. The highest BCUT2D eigenvalue weighted by atomic mass is 16.6. The molecular formula is C13H10N4O3. The first kappa shape index (κ1) is 12.1. The zero-order valence-electron chi connectivity index (χ0n) is 10.5. The summed E-state index contributed by atoms with van der Waals surface area (Å²) in [4.78, 5) is 29.2. The summed E-state index contributed by atoms with van der Waals surface area (Å²) in [5, 5.41) is 14.8. The van der Waals surface area contributed by atoms with Crippen molar-refractivity contribution in [1.82, 2.24) is 15.3 Å². The minimum Gasteiger partial charge on any atom is -0.354 e. The van der Waals surface area contributed by atoms with E-state index in [1.54, 1.807) is 18.3 Å². The van der Waals surface area contributed by atoms with Crippen LogP contribution < -0.4 is 5.32 Å². The van der Waals surface area contributed by atoms with E-state index in [1.165, 1.54) is 19.2 Å². The highest BCUT2D eigenvalue weighted by molar-refractivity contribution is 6.09. The van der Waals surface area contributed by atoms with Gasteiger partial charge in [-0.15, -0.1) is 0 Å². The minimum atomic E-state index is -0.445. The molecular weight excluding hydrogens is 260 g/mol. The molecule has 100 valence electrons. The third-order valence-corrected chi connectivity index (χ3v) is 3.14. The molecule has 3 aromatic rings. The summed E-state index contributed by atoms with van der Waals surface area (Å²) in [6.45, 7) is 0. The number of aromatic amines is 1. The quantitative estimate of drug-likeness (QED) is 0.549. The molecule has 0 spiro atoms. The molecule has 2 aromatic heterocycles. The number of nitro groups is 1. The maximum Gasteiger partial charge on any atom is 0.270 e. The van der Waals surface area contributed by atoms with Gasteiger partial charge in [0, 0.05) is 35.5 Å². The lowest BCUT2D eigenvalue weighted by atomic mass is 10.1. The average molecular weight is 270 g/mol. The van der Waals surface area contributed by atoms with Crippen LogP contribution in [0, 0.1) is 10.1 Å². The predicted octanol–water partition coefficient (Wildman–Crippen LogP) is 1.98. The van der Waals surface area contributed by atoms with Crippen molar-refractivity contribution in [2.45, 2.75) is 0 Å². The van der Waals surface area contributed by atoms with Gasteiger partial charge in [0.2, 0.25) is 0 Å². The van der Waals surface area contributed by atoms with Gasteiger partial charge in [-0.1, -0.05) is 0 Å². The number of hydrogen-bond donors (Lipinski definition) is 2. The van der Waals surface area contributed by atoms with Crippen LogP contribution in [0.25, 0.3) is 21.8 Å². The number of amides is 1. The molecule has 0 aliphatic carbocycles. The molecule has 7 heteroatoms. The number of nitrogens with zero attached hydrogens (tertiary/aromatic N) is 2. The Balaban J connectivity index is 2.31. The average Bonchev–Trinajstić information content (AvgIpc) is 2.83. The van der Waals surface area contributed by atoms with Gasteiger partial charge < -0.3 is 10.3 Å². The number of benzene rings is 1. The van der Waals surface area contributed by atoms with Gasteiger partial charge in [-0.05, 0) is 12.1 Å². The molecule has 1 aromatic carbocycles. The zero-order chi connectivity index (χ0) is 14.3. The van der Waals surface area contributed by atoms with E-state index in [1.807, 2.05) is 0 Å². The molecule has 0 aliphatic rings. The van der Waals surface area contributed by atoms with Crippen LogP contribution in [0.2, 0.25) is 0 Å². The number of rotatable bonds is 2. The van der Waals surface area contributed by atoms with Gasteiger partial charge >= 0.3 is 0 Å². The molecule has 0 aliphatic heterocycles. The summed E-state index contributed by atoms with van der Waals surface area (Å²) in [5.74, 6) is -0.299. The molecule has 2 N–H and O–H groups in total. The Kier molecular flexibility index (Phi) is 2.60. The fourth-order valence-electron chi connectivity index (χ4n) is 2.15. The van der Waals surface area contributed by atoms with E-state index >= 15 is 0 Å². The first-order valence-corrected chi connectivity index (χ1v) is 5.88. The smallest absolute Gasteiger partial charge is 0.270 e. The van der Waals surface area contributed by atoms with Gasteiger partial charge in [-0.2, -0.15) is 0 Å². The Morgan fingerprint density at radius 3 is 2.75 bits per heavy atom. The lowest BCUT2D eigenvalue weighted by Crippen LogP contribution is -2.18. The predicted molar refractivity (Wildman–Crippen MR) is 73.6 cm³/mol. The van der Waals surface area contributed by atoms with Crippen molar-refractivity contribution in [3.05, 3.63) is 46.3 Å². The fraction of sp³-hybridized carbons (Fsp3) is 0.0769. The first-order chi connectivity index (χ1) is 9.60. The lowest BCUT2D eigenvalue weighted by Gasteiger charge is -1.98. The normalized spacial score (nSPS) is 10.8. The molecule has 0 radical (unpaired) electrons. The molecule has 2 heterocycles. The van der Waals surface area contributed by atoms with E-state index in [-0.39, 0.29) is 17.3 Å². The van der Waals surface area contributed by atoms with Gasteiger partial charge in [-0.25, -0.2) is 4.98 Å². The van der Waals surface area contributed by atoms with Crippen LogP contribution in [0.15, 0.2) is 30.5 Å². The highest BCUT2D eigenvalue weighted by Gasteiger charge is 2.13. The second kappa shape index (κ2) is 4.30. The summed E-state index contributed by atoms with van der Waals surface area (Å²) in [7, 11) is 1.52. The van der Waals surface area contributed by atoms with E-state index in [2.05, 4.69) is 15.3 Å². The van der Waals surface area contributed by atoms with Gasteiger partial charge in [0.15, 0.2) is 0 Å². The third-order valence-electron chi connectivity index (χ3n) is 3.14. The molecule has 3 rings (SSSR count). The van der Waals surface area contributed by atoms with Crippen molar-refractivity contribution in [2.24, 2.45) is 0 Å². The van der Waals surface area contributed by atoms with E-state index in [0.717, 1.165) is 16.4 Å². The van der Waals surface area contributed by atoms with Gasteiger partial charge in [0.1, 0.15) is 5.69 Å². The van der Waals surface area contributed by atoms with Gasteiger partial charge in [-0.3, -0.25) is 14.9 Å². The number of carbonyl (C=O) groups excluding carboxylic acids is 1. The molecule has 0 atom stereocenters. The molecule has 0 bridgehead atoms. The van der Waals surface area contributed by atoms with Crippen molar-refractivity contribution in [1.29, 1.82) is 0 Å². The summed E-state index contributed by atoms with van der Waals surface area (Å²) in [6, 6.07) is 6.19. The van der Waals surface area contributed by atoms with E-state index in [4.69, 9.17) is 0 Å². The Morgan fingerprint density at radius 1 is 1.30 bits per heavy atom. The second-order valence-corrected chi connectivity index (χ2v) is 4.31. The Bertz CT molecular complexity index is 853. The summed E-state index contributed by atoms with van der Waals surface area (Å²) in [6.07, 6.45) is 1.55. The number of fused-ring (bicyclic) bond motifs is 3. The topological polar surface area (TPSA) is 101 Å². The Hall–Kier alpha value is -2.96. The zero-order valence-corrected chi connectivity index (χ0v) is 10.5. The molecule has 0 saturated heterocycles. The number of pyridine rings is 1. The summed E-state index contributed by atoms with van der Waals surface area (Å²) < 4.78 is 0. The van der Waals surface area contributed by atoms with Crippen LogP contribution in [-0.2, 0) is 0 Å². The van der Waals surface area contributed by atoms with Crippen molar-refractivity contribution < 1.29 is 9.72 Å². The largest absolute Gasteiger partial charge is 0.354 e. The number of carbonyl (C=O) groups is 1. The molecule has 7 nitrogen and oxygen atoms in total. The summed E-state index contributed by atoms with van der Waals surface area (Å²) in [5.41, 5.74) is 1.78. The van der Waals surface area contributed by atoms with Crippen LogP contribution in [0.3, 0.4) is 0 Å². The number of hydrogen-bond acceptors (Lipinski definition) is 4. The van der Waals surface area contributed by atoms with Crippen molar-refractivity contribution in [3.8, 4) is 0 Å². The maximum absolute atomic E-state index is 11.6. The second-order valence-electron chi connectivity index (χ2n) is 4.31. The van der Waals surface area contributed by atoms with Crippen LogP contribution in [0.1, 0.15) is 10.5 Å². The third kappa shape index (κ3) is 1.76. The van der Waals surface area contributed by atoms with Crippen LogP contribution in [0.5, 0.6) is 0 Å².